The number of hydrogen-bond acceptors (Lipinski definition) is 3. The van der Waals surface area contributed by atoms with Crippen LogP contribution in [0, 0.1) is 3.57 Å². The van der Waals surface area contributed by atoms with E-state index in [9.17, 15) is 0 Å². The normalized spacial score (nSPS) is 16.8. The topological polar surface area (TPSA) is 51.8 Å². The maximum absolute atomic E-state index is 5.89. The van der Waals surface area contributed by atoms with Crippen molar-refractivity contribution in [2.24, 2.45) is 5.73 Å². The van der Waals surface area contributed by atoms with Crippen molar-refractivity contribution in [3.63, 3.8) is 0 Å². The average molecular weight is 334 g/mol. The van der Waals surface area contributed by atoms with Crippen molar-refractivity contribution in [1.82, 2.24) is 9.97 Å². The van der Waals surface area contributed by atoms with Gasteiger partial charge in [0.1, 0.15) is 5.82 Å². The Hall–Kier alpha value is 0.350. The molecule has 0 unspecified atom stereocenters. The van der Waals surface area contributed by atoms with Gasteiger partial charge >= 0.3 is 0 Å². The van der Waals surface area contributed by atoms with Crippen LogP contribution < -0.4 is 5.73 Å². The van der Waals surface area contributed by atoms with Gasteiger partial charge < -0.3 is 5.73 Å². The fourth-order valence-electron chi connectivity index (χ4n) is 0.928. The van der Waals surface area contributed by atoms with Crippen LogP contribution in [0.2, 0.25) is 0 Å². The minimum absolute atomic E-state index is 0. The Labute approximate surface area is 103 Å². The molecule has 74 valence electrons. The molecule has 2 N–H and O–H groups in total. The van der Waals surface area contributed by atoms with Crippen molar-refractivity contribution in [2.45, 2.75) is 18.4 Å². The van der Waals surface area contributed by atoms with E-state index in [1.54, 1.807) is 12.4 Å². The Bertz CT molecular complexity index is 274. The van der Waals surface area contributed by atoms with Crippen molar-refractivity contribution in [3.8, 4) is 0 Å². The van der Waals surface area contributed by atoms with Crippen LogP contribution in [0.4, 0.5) is 0 Å². The summed E-state index contributed by atoms with van der Waals surface area (Å²) in [4.78, 5) is 8.34. The monoisotopic (exact) mass is 333 g/mol. The van der Waals surface area contributed by atoms with Crippen LogP contribution in [0.5, 0.6) is 0 Å². The predicted octanol–water partition coefficient (Wildman–Crippen LogP) is 1.87. The second-order valence-corrected chi connectivity index (χ2v) is 4.13. The lowest BCUT2D eigenvalue weighted by Crippen LogP contribution is -2.21. The van der Waals surface area contributed by atoms with Gasteiger partial charge in [0.05, 0.1) is 5.54 Å². The maximum atomic E-state index is 5.89. The zero-order valence-electron chi connectivity index (χ0n) is 6.74. The van der Waals surface area contributed by atoms with E-state index in [1.807, 2.05) is 0 Å². The molecule has 0 amide bonds. The molecule has 1 heterocycles. The lowest BCUT2D eigenvalue weighted by atomic mass is 10.3. The van der Waals surface area contributed by atoms with Gasteiger partial charge in [0.25, 0.3) is 0 Å². The van der Waals surface area contributed by atoms with Crippen molar-refractivity contribution >= 4 is 47.4 Å². The molecule has 3 nitrogen and oxygen atoms in total. The van der Waals surface area contributed by atoms with Gasteiger partial charge in [-0.3, -0.25) is 0 Å². The van der Waals surface area contributed by atoms with Gasteiger partial charge in [-0.15, -0.1) is 24.8 Å². The highest BCUT2D eigenvalue weighted by atomic mass is 127. The van der Waals surface area contributed by atoms with Crippen LogP contribution in [0.1, 0.15) is 18.7 Å². The van der Waals surface area contributed by atoms with Crippen molar-refractivity contribution in [2.75, 3.05) is 0 Å². The summed E-state index contributed by atoms with van der Waals surface area (Å²) in [6, 6.07) is 0. The van der Waals surface area contributed by atoms with Gasteiger partial charge in [-0.2, -0.15) is 0 Å². The molecular weight excluding hydrogens is 324 g/mol. The standard InChI is InChI=1S/C7H8IN3.2ClH/c8-5-3-10-6(11-4-5)7(9)1-2-7;;/h3-4H,1-2,9H2;2*1H. The highest BCUT2D eigenvalue weighted by Crippen LogP contribution is 2.40. The summed E-state index contributed by atoms with van der Waals surface area (Å²) in [5.74, 6) is 0.790. The lowest BCUT2D eigenvalue weighted by molar-refractivity contribution is 0.670. The Kier molecular flexibility index (Phi) is 4.85. The number of halogens is 3. The third kappa shape index (κ3) is 2.90. The molecule has 1 aliphatic rings. The van der Waals surface area contributed by atoms with Gasteiger partial charge in [-0.25, -0.2) is 9.97 Å². The third-order valence-corrected chi connectivity index (χ3v) is 2.41. The number of nitrogens with two attached hydrogens (primary N) is 1. The first-order valence-corrected chi connectivity index (χ1v) is 4.55. The van der Waals surface area contributed by atoms with E-state index in [1.165, 1.54) is 0 Å². The quantitative estimate of drug-likeness (QED) is 0.798. The molecule has 2 rings (SSSR count). The van der Waals surface area contributed by atoms with Crippen molar-refractivity contribution in [1.29, 1.82) is 0 Å². The maximum Gasteiger partial charge on any atom is 0.148 e. The largest absolute Gasteiger partial charge is 0.319 e. The molecule has 0 saturated heterocycles. The van der Waals surface area contributed by atoms with Crippen molar-refractivity contribution < 1.29 is 0 Å². The van der Waals surface area contributed by atoms with Crippen LogP contribution in [0.15, 0.2) is 12.4 Å². The summed E-state index contributed by atoms with van der Waals surface area (Å²) >= 11 is 2.18. The zero-order chi connectivity index (χ0) is 7.90. The van der Waals surface area contributed by atoms with Gasteiger partial charge in [0, 0.05) is 16.0 Å². The molecule has 1 aromatic rings. The Morgan fingerprint density at radius 1 is 1.23 bits per heavy atom. The molecular formula is C7H10Cl2IN3. The van der Waals surface area contributed by atoms with Crippen LogP contribution in [-0.4, -0.2) is 9.97 Å². The highest BCUT2D eigenvalue weighted by molar-refractivity contribution is 14.1. The molecule has 0 spiro atoms. The number of hydrogen-bond donors (Lipinski definition) is 1. The minimum atomic E-state index is -0.190. The SMILES string of the molecule is Cl.Cl.NC1(c2ncc(I)cn2)CC1. The van der Waals surface area contributed by atoms with E-state index in [0.717, 1.165) is 22.2 Å². The van der Waals surface area contributed by atoms with Gasteiger partial charge in [-0.05, 0) is 35.4 Å². The first-order valence-electron chi connectivity index (χ1n) is 3.48. The zero-order valence-corrected chi connectivity index (χ0v) is 10.5. The summed E-state index contributed by atoms with van der Waals surface area (Å²) in [6.45, 7) is 0. The second kappa shape index (κ2) is 4.72. The molecule has 1 saturated carbocycles. The van der Waals surface area contributed by atoms with Crippen LogP contribution in [0.25, 0.3) is 0 Å². The molecule has 0 aromatic carbocycles. The molecule has 13 heavy (non-hydrogen) atoms. The smallest absolute Gasteiger partial charge is 0.148 e. The number of aromatic nitrogens is 2. The second-order valence-electron chi connectivity index (χ2n) is 2.88. The van der Waals surface area contributed by atoms with Crippen LogP contribution >= 0.6 is 47.4 Å². The Balaban J connectivity index is 0.000000720. The molecule has 1 aromatic heterocycles. The number of nitrogens with zero attached hydrogens (tertiary/aromatic N) is 2. The molecule has 6 heteroatoms. The van der Waals surface area contributed by atoms with Gasteiger partial charge in [0.15, 0.2) is 0 Å². The molecule has 0 aliphatic heterocycles. The molecule has 1 aliphatic carbocycles. The first-order chi connectivity index (χ1) is 5.21. The van der Waals surface area contributed by atoms with Crippen LogP contribution in [-0.2, 0) is 5.54 Å². The molecule has 0 radical (unpaired) electrons. The van der Waals surface area contributed by atoms with Gasteiger partial charge in [0.2, 0.25) is 0 Å². The van der Waals surface area contributed by atoms with Crippen LogP contribution in [0.3, 0.4) is 0 Å². The summed E-state index contributed by atoms with van der Waals surface area (Å²) in [5, 5.41) is 0. The molecule has 1 fully saturated rings. The molecule has 0 atom stereocenters. The predicted molar refractivity (Wildman–Crippen MR) is 64.3 cm³/mol. The van der Waals surface area contributed by atoms with E-state index < -0.39 is 0 Å². The van der Waals surface area contributed by atoms with E-state index in [2.05, 4.69) is 32.6 Å². The number of rotatable bonds is 1. The highest BCUT2D eigenvalue weighted by Gasteiger charge is 2.42. The fourth-order valence-corrected chi connectivity index (χ4v) is 1.21. The van der Waals surface area contributed by atoms with E-state index in [0.29, 0.717) is 0 Å². The Morgan fingerprint density at radius 2 is 1.69 bits per heavy atom. The lowest BCUT2D eigenvalue weighted by Gasteiger charge is -2.04. The summed E-state index contributed by atoms with van der Waals surface area (Å²) in [7, 11) is 0. The van der Waals surface area contributed by atoms with Crippen molar-refractivity contribution in [3.05, 3.63) is 21.8 Å². The summed E-state index contributed by atoms with van der Waals surface area (Å²) < 4.78 is 1.05. The summed E-state index contributed by atoms with van der Waals surface area (Å²) in [6.07, 6.45) is 5.65. The van der Waals surface area contributed by atoms with Gasteiger partial charge in [-0.1, -0.05) is 0 Å². The fraction of sp³-hybridized carbons (Fsp3) is 0.429. The summed E-state index contributed by atoms with van der Waals surface area (Å²) in [5.41, 5.74) is 5.70. The Morgan fingerprint density at radius 3 is 2.08 bits per heavy atom. The van der Waals surface area contributed by atoms with E-state index in [4.69, 9.17) is 5.73 Å². The van der Waals surface area contributed by atoms with E-state index >= 15 is 0 Å². The average Bonchev–Trinajstić information content (AvgIpc) is 2.70. The third-order valence-electron chi connectivity index (χ3n) is 1.85. The van der Waals surface area contributed by atoms with E-state index in [-0.39, 0.29) is 30.4 Å². The molecule has 0 bridgehead atoms. The first kappa shape index (κ1) is 13.4. The minimum Gasteiger partial charge on any atom is -0.319 e.